The van der Waals surface area contributed by atoms with Crippen molar-refractivity contribution in [2.45, 2.75) is 37.8 Å². The molecule has 0 spiro atoms. The number of halogens is 2. The minimum atomic E-state index is -0.412. The van der Waals surface area contributed by atoms with Crippen LogP contribution in [0.5, 0.6) is 0 Å². The molecule has 118 valence electrons. The van der Waals surface area contributed by atoms with Gasteiger partial charge in [0.2, 0.25) is 0 Å². The predicted molar refractivity (Wildman–Crippen MR) is 82.2 cm³/mol. The maximum Gasteiger partial charge on any atom is 0.123 e. The van der Waals surface area contributed by atoms with E-state index in [1.807, 2.05) is 0 Å². The fourth-order valence-corrected chi connectivity index (χ4v) is 3.16. The number of methoxy groups -OCH3 is 1. The first-order chi connectivity index (χ1) is 10.1. The molecular weight excluding hydrogens is 293 g/mol. The lowest BCUT2D eigenvalue weighted by Crippen LogP contribution is -2.49. The van der Waals surface area contributed by atoms with Crippen LogP contribution < -0.4 is 5.32 Å². The summed E-state index contributed by atoms with van der Waals surface area (Å²) >= 11 is 6.31. The van der Waals surface area contributed by atoms with E-state index in [1.165, 1.54) is 12.1 Å². The van der Waals surface area contributed by atoms with Gasteiger partial charge in [-0.15, -0.1) is 0 Å². The Morgan fingerprint density at radius 3 is 2.76 bits per heavy atom. The normalized spacial score (nSPS) is 19.4. The summed E-state index contributed by atoms with van der Waals surface area (Å²) in [5.41, 5.74) is 0.346. The molecule has 1 fully saturated rings. The van der Waals surface area contributed by atoms with Crippen LogP contribution in [0.3, 0.4) is 0 Å². The molecule has 2 rings (SSSR count). The Balaban J connectivity index is 2.38. The van der Waals surface area contributed by atoms with Crippen LogP contribution in [0.15, 0.2) is 18.2 Å². The Morgan fingerprint density at radius 1 is 1.43 bits per heavy atom. The Hall–Kier alpha value is -0.680. The third kappa shape index (κ3) is 3.75. The summed E-state index contributed by atoms with van der Waals surface area (Å²) in [5.74, 6) is -0.281. The van der Waals surface area contributed by atoms with Gasteiger partial charge in [-0.2, -0.15) is 0 Å². The molecule has 1 atom stereocenters. The lowest BCUT2D eigenvalue weighted by molar-refractivity contribution is -0.111. The van der Waals surface area contributed by atoms with Gasteiger partial charge in [0.1, 0.15) is 5.82 Å². The van der Waals surface area contributed by atoms with Crippen LogP contribution in [-0.2, 0) is 9.47 Å². The van der Waals surface area contributed by atoms with E-state index in [4.69, 9.17) is 21.1 Å². The van der Waals surface area contributed by atoms with Crippen molar-refractivity contribution in [3.05, 3.63) is 34.6 Å². The summed E-state index contributed by atoms with van der Waals surface area (Å²) in [6.45, 7) is 4.21. The third-order valence-corrected chi connectivity index (χ3v) is 4.48. The Labute approximate surface area is 130 Å². The average molecular weight is 316 g/mol. The topological polar surface area (TPSA) is 30.5 Å². The van der Waals surface area contributed by atoms with E-state index in [1.54, 1.807) is 13.2 Å². The monoisotopic (exact) mass is 315 g/mol. The van der Waals surface area contributed by atoms with Gasteiger partial charge >= 0.3 is 0 Å². The Morgan fingerprint density at radius 2 is 2.14 bits per heavy atom. The molecule has 3 nitrogen and oxygen atoms in total. The molecular formula is C16H23ClFNO2. The van der Waals surface area contributed by atoms with Crippen molar-refractivity contribution in [3.8, 4) is 0 Å². The first-order valence-corrected chi connectivity index (χ1v) is 7.82. The van der Waals surface area contributed by atoms with Gasteiger partial charge in [0, 0.05) is 38.2 Å². The summed E-state index contributed by atoms with van der Waals surface area (Å²) in [7, 11) is 1.71. The van der Waals surface area contributed by atoms with E-state index >= 15 is 0 Å². The maximum atomic E-state index is 13.7. The van der Waals surface area contributed by atoms with Gasteiger partial charge in [0.25, 0.3) is 0 Å². The Kier molecular flexibility index (Phi) is 5.99. The van der Waals surface area contributed by atoms with E-state index < -0.39 is 5.60 Å². The van der Waals surface area contributed by atoms with E-state index in [2.05, 4.69) is 12.2 Å². The van der Waals surface area contributed by atoms with Gasteiger partial charge < -0.3 is 14.8 Å². The SMILES string of the molecule is CCCNC(c1cc(F)ccc1Cl)C1(OC)CCOCC1. The summed E-state index contributed by atoms with van der Waals surface area (Å²) in [5, 5.41) is 4.05. The van der Waals surface area contributed by atoms with Crippen LogP contribution >= 0.6 is 11.6 Å². The second kappa shape index (κ2) is 7.54. The molecule has 1 aliphatic heterocycles. The Bertz CT molecular complexity index is 464. The molecule has 0 aliphatic carbocycles. The second-order valence-electron chi connectivity index (χ2n) is 5.43. The molecule has 1 saturated heterocycles. The maximum absolute atomic E-state index is 13.7. The van der Waals surface area contributed by atoms with Crippen molar-refractivity contribution >= 4 is 11.6 Å². The molecule has 1 heterocycles. The van der Waals surface area contributed by atoms with E-state index in [-0.39, 0.29) is 11.9 Å². The highest BCUT2D eigenvalue weighted by molar-refractivity contribution is 6.31. The van der Waals surface area contributed by atoms with Gasteiger partial charge in [0.05, 0.1) is 11.6 Å². The largest absolute Gasteiger partial charge is 0.381 e. The van der Waals surface area contributed by atoms with E-state index in [9.17, 15) is 4.39 Å². The molecule has 0 bridgehead atoms. The fourth-order valence-electron chi connectivity index (χ4n) is 2.93. The minimum Gasteiger partial charge on any atom is -0.381 e. The number of ether oxygens (including phenoxy) is 2. The molecule has 5 heteroatoms. The zero-order valence-corrected chi connectivity index (χ0v) is 13.4. The van der Waals surface area contributed by atoms with Crippen molar-refractivity contribution in [3.63, 3.8) is 0 Å². The average Bonchev–Trinajstić information content (AvgIpc) is 2.51. The molecule has 0 aromatic heterocycles. The number of hydrogen-bond acceptors (Lipinski definition) is 3. The molecule has 1 aromatic rings. The van der Waals surface area contributed by atoms with Gasteiger partial charge in [-0.05, 0) is 36.7 Å². The number of nitrogens with one attached hydrogen (secondary N) is 1. The second-order valence-corrected chi connectivity index (χ2v) is 5.84. The van der Waals surface area contributed by atoms with Gasteiger partial charge in [-0.25, -0.2) is 4.39 Å². The van der Waals surface area contributed by atoms with Crippen LogP contribution in [0.1, 0.15) is 37.8 Å². The van der Waals surface area contributed by atoms with Crippen LogP contribution in [0.2, 0.25) is 5.02 Å². The molecule has 1 aliphatic rings. The minimum absolute atomic E-state index is 0.144. The summed E-state index contributed by atoms with van der Waals surface area (Å²) < 4.78 is 25.0. The van der Waals surface area contributed by atoms with Gasteiger partial charge in [-0.1, -0.05) is 18.5 Å². The molecule has 1 unspecified atom stereocenters. The highest BCUT2D eigenvalue weighted by Gasteiger charge is 2.42. The molecule has 1 aromatic carbocycles. The number of rotatable bonds is 6. The van der Waals surface area contributed by atoms with Crippen LogP contribution in [0.4, 0.5) is 4.39 Å². The number of benzene rings is 1. The van der Waals surface area contributed by atoms with Crippen molar-refractivity contribution < 1.29 is 13.9 Å². The van der Waals surface area contributed by atoms with Crippen LogP contribution in [-0.4, -0.2) is 32.5 Å². The standard InChI is InChI=1S/C16H23ClFNO2/c1-3-8-19-15(13-11-12(18)4-5-14(13)17)16(20-2)6-9-21-10-7-16/h4-5,11,15,19H,3,6-10H2,1-2H3. The zero-order chi connectivity index (χ0) is 15.3. The first-order valence-electron chi connectivity index (χ1n) is 7.44. The molecule has 0 amide bonds. The predicted octanol–water partition coefficient (Wildman–Crippen LogP) is 3.72. The fraction of sp³-hybridized carbons (Fsp3) is 0.625. The molecule has 0 saturated carbocycles. The number of hydrogen-bond donors (Lipinski definition) is 1. The van der Waals surface area contributed by atoms with Crippen molar-refractivity contribution in [1.82, 2.24) is 5.32 Å². The smallest absolute Gasteiger partial charge is 0.123 e. The van der Waals surface area contributed by atoms with Crippen LogP contribution in [0, 0.1) is 5.82 Å². The zero-order valence-electron chi connectivity index (χ0n) is 12.6. The van der Waals surface area contributed by atoms with E-state index in [0.717, 1.165) is 31.4 Å². The first kappa shape index (κ1) is 16.7. The lowest BCUT2D eigenvalue weighted by atomic mass is 9.82. The van der Waals surface area contributed by atoms with Crippen molar-refractivity contribution in [2.75, 3.05) is 26.9 Å². The third-order valence-electron chi connectivity index (χ3n) is 4.14. The highest BCUT2D eigenvalue weighted by atomic mass is 35.5. The van der Waals surface area contributed by atoms with Crippen molar-refractivity contribution in [2.24, 2.45) is 0 Å². The summed E-state index contributed by atoms with van der Waals surface area (Å²) in [4.78, 5) is 0. The van der Waals surface area contributed by atoms with Crippen LogP contribution in [0.25, 0.3) is 0 Å². The molecule has 21 heavy (non-hydrogen) atoms. The highest BCUT2D eigenvalue weighted by Crippen LogP contribution is 2.40. The quantitative estimate of drug-likeness (QED) is 0.868. The summed E-state index contributed by atoms with van der Waals surface area (Å²) in [6, 6.07) is 4.35. The van der Waals surface area contributed by atoms with Gasteiger partial charge in [-0.3, -0.25) is 0 Å². The van der Waals surface area contributed by atoms with Crippen molar-refractivity contribution in [1.29, 1.82) is 0 Å². The van der Waals surface area contributed by atoms with E-state index in [0.29, 0.717) is 18.2 Å². The molecule has 0 radical (unpaired) electrons. The van der Waals surface area contributed by atoms with Gasteiger partial charge in [0.15, 0.2) is 0 Å². The summed E-state index contributed by atoms with van der Waals surface area (Å²) in [6.07, 6.45) is 2.51. The molecule has 1 N–H and O–H groups in total. The lowest BCUT2D eigenvalue weighted by Gasteiger charge is -2.43.